The number of hydrogen-bond donors (Lipinski definition) is 3. The van der Waals surface area contributed by atoms with Gasteiger partial charge in [-0.2, -0.15) is 0 Å². The molecule has 0 aromatic heterocycles. The van der Waals surface area contributed by atoms with Gasteiger partial charge >= 0.3 is 5.97 Å². The zero-order chi connectivity index (χ0) is 25.9. The van der Waals surface area contributed by atoms with Crippen LogP contribution in [0.3, 0.4) is 0 Å². The molecule has 1 atom stereocenters. The van der Waals surface area contributed by atoms with E-state index in [1.807, 2.05) is 12.1 Å². The van der Waals surface area contributed by atoms with Crippen LogP contribution in [0.15, 0.2) is 84.9 Å². The summed E-state index contributed by atoms with van der Waals surface area (Å²) in [4.78, 5) is 26.2. The molecule has 2 bridgehead atoms. The van der Waals surface area contributed by atoms with E-state index in [1.54, 1.807) is 60.7 Å². The number of rotatable bonds is 8. The number of aromatic hydroxyl groups is 1. The molecule has 38 heavy (non-hydrogen) atoms. The molecule has 6 rings (SSSR count). The van der Waals surface area contributed by atoms with Crippen molar-refractivity contribution < 1.29 is 41.4 Å². The van der Waals surface area contributed by atoms with Gasteiger partial charge in [-0.1, -0.05) is 66.7 Å². The Balaban J connectivity index is 0.00000336. The number of halogens is 1. The number of quaternary nitrogens is 1. The van der Waals surface area contributed by atoms with Gasteiger partial charge in [-0.3, -0.25) is 4.79 Å². The van der Waals surface area contributed by atoms with E-state index >= 15 is 0 Å². The summed E-state index contributed by atoms with van der Waals surface area (Å²) in [5.74, 6) is -0.552. The van der Waals surface area contributed by atoms with Crippen molar-refractivity contribution >= 4 is 11.9 Å². The van der Waals surface area contributed by atoms with E-state index in [0.29, 0.717) is 29.8 Å². The Kier molecular flexibility index (Phi) is 8.41. The number of fused-ring (bicyclic) bond motifs is 3. The molecule has 3 fully saturated rings. The van der Waals surface area contributed by atoms with Crippen LogP contribution in [-0.2, 0) is 15.1 Å². The summed E-state index contributed by atoms with van der Waals surface area (Å²) in [5.41, 5.74) is -0.517. The van der Waals surface area contributed by atoms with Crippen molar-refractivity contribution in [2.45, 2.75) is 24.5 Å². The molecule has 3 aromatic carbocycles. The van der Waals surface area contributed by atoms with Crippen molar-refractivity contribution in [3.05, 3.63) is 102 Å². The molecule has 3 saturated heterocycles. The molecule has 200 valence electrons. The molecule has 0 unspecified atom stereocenters. The zero-order valence-electron chi connectivity index (χ0n) is 21.1. The van der Waals surface area contributed by atoms with Crippen LogP contribution in [0.4, 0.5) is 0 Å². The fourth-order valence-electron chi connectivity index (χ4n) is 5.81. The van der Waals surface area contributed by atoms with Gasteiger partial charge in [0.05, 0.1) is 26.2 Å². The van der Waals surface area contributed by atoms with Crippen LogP contribution in [0.1, 0.15) is 34.3 Å². The van der Waals surface area contributed by atoms with Gasteiger partial charge in [0.25, 0.3) is 5.91 Å². The van der Waals surface area contributed by atoms with Crippen LogP contribution in [0, 0.1) is 5.92 Å². The molecule has 3 aromatic rings. The maximum absolute atomic E-state index is 13.6. The molecule has 3 N–H and O–H groups in total. The van der Waals surface area contributed by atoms with Gasteiger partial charge in [-0.05, 0) is 29.3 Å². The first kappa shape index (κ1) is 27.6. The predicted molar refractivity (Wildman–Crippen MR) is 139 cm³/mol. The topological polar surface area (TPSA) is 95.9 Å². The molecule has 7 nitrogen and oxygen atoms in total. The van der Waals surface area contributed by atoms with Crippen LogP contribution >= 0.6 is 0 Å². The normalized spacial score (nSPS) is 22.2. The van der Waals surface area contributed by atoms with Gasteiger partial charge in [-0.25, -0.2) is 4.79 Å². The summed E-state index contributed by atoms with van der Waals surface area (Å²) in [6.07, 6.45) is 1.58. The van der Waals surface area contributed by atoms with Gasteiger partial charge in [0.2, 0.25) is 5.60 Å². The van der Waals surface area contributed by atoms with Gasteiger partial charge < -0.3 is 37.2 Å². The number of nitrogens with one attached hydrogen (secondary N) is 1. The third-order valence-corrected chi connectivity index (χ3v) is 7.96. The molecule has 8 heteroatoms. The monoisotopic (exact) mass is 536 g/mol. The van der Waals surface area contributed by atoms with Crippen molar-refractivity contribution in [1.82, 2.24) is 5.32 Å². The number of piperidine rings is 3. The summed E-state index contributed by atoms with van der Waals surface area (Å²) >= 11 is 0. The van der Waals surface area contributed by atoms with E-state index < -0.39 is 11.6 Å². The summed E-state index contributed by atoms with van der Waals surface area (Å²) in [7, 11) is 0. The third kappa shape index (κ3) is 5.55. The van der Waals surface area contributed by atoms with Crippen LogP contribution in [0.5, 0.6) is 5.75 Å². The molecule has 0 saturated carbocycles. The van der Waals surface area contributed by atoms with Crippen molar-refractivity contribution in [1.29, 1.82) is 0 Å². The highest BCUT2D eigenvalue weighted by Gasteiger charge is 2.50. The summed E-state index contributed by atoms with van der Waals surface area (Å²) in [5, 5.41) is 24.4. The second-order valence-electron chi connectivity index (χ2n) is 10.2. The summed E-state index contributed by atoms with van der Waals surface area (Å²) in [6, 6.07) is 24.2. The Bertz CT molecular complexity index is 1210. The van der Waals surface area contributed by atoms with Crippen molar-refractivity contribution in [2.24, 2.45) is 5.92 Å². The molecular formula is C30H33ClN2O5. The fourth-order valence-corrected chi connectivity index (χ4v) is 5.81. The van der Waals surface area contributed by atoms with Crippen LogP contribution < -0.4 is 17.7 Å². The number of ether oxygens (including phenoxy) is 1. The summed E-state index contributed by atoms with van der Waals surface area (Å²) in [6.45, 7) is 3.83. The number of esters is 1. The van der Waals surface area contributed by atoms with Crippen molar-refractivity contribution in [3.63, 3.8) is 0 Å². The van der Waals surface area contributed by atoms with Crippen LogP contribution in [-0.4, -0.2) is 65.4 Å². The molecule has 0 aliphatic carbocycles. The number of hydrogen-bond acceptors (Lipinski definition) is 5. The zero-order valence-corrected chi connectivity index (χ0v) is 21.9. The molecule has 1 amide bonds. The van der Waals surface area contributed by atoms with E-state index in [4.69, 9.17) is 4.74 Å². The molecule has 3 aliphatic rings. The molecule has 0 radical (unpaired) electrons. The Hall–Kier alpha value is -3.39. The minimum absolute atomic E-state index is 0. The lowest BCUT2D eigenvalue weighted by Gasteiger charge is -2.52. The van der Waals surface area contributed by atoms with Crippen molar-refractivity contribution in [2.75, 3.05) is 32.7 Å². The Morgan fingerprint density at radius 1 is 0.921 bits per heavy atom. The smallest absolute Gasteiger partial charge is 0.348 e. The number of carbonyl (C=O) groups excluding carboxylic acids is 2. The van der Waals surface area contributed by atoms with Gasteiger partial charge in [-0.15, -0.1) is 0 Å². The minimum atomic E-state index is -1.89. The third-order valence-electron chi connectivity index (χ3n) is 7.96. The average Bonchev–Trinajstić information content (AvgIpc) is 2.94. The van der Waals surface area contributed by atoms with E-state index in [0.717, 1.165) is 37.0 Å². The van der Waals surface area contributed by atoms with Gasteiger partial charge in [0.1, 0.15) is 12.3 Å². The van der Waals surface area contributed by atoms with E-state index in [2.05, 4.69) is 5.32 Å². The second kappa shape index (κ2) is 11.6. The largest absolute Gasteiger partial charge is 1.00 e. The SMILES string of the molecule is O=C(NCC[N+]12CCC(CC1)[C@@H](OC(=O)C(O)(c1ccccc1)c1ccccc1)C2)c1cccc(O)c1.[Cl-]. The number of amides is 1. The maximum Gasteiger partial charge on any atom is 0.348 e. The lowest BCUT2D eigenvalue weighted by Crippen LogP contribution is -3.00. The van der Waals surface area contributed by atoms with Gasteiger partial charge in [0, 0.05) is 24.3 Å². The first-order chi connectivity index (χ1) is 17.9. The van der Waals surface area contributed by atoms with E-state index in [1.165, 1.54) is 12.1 Å². The number of phenols is 1. The lowest BCUT2D eigenvalue weighted by atomic mass is 9.82. The quantitative estimate of drug-likeness (QED) is 0.283. The summed E-state index contributed by atoms with van der Waals surface area (Å²) < 4.78 is 6.88. The number of nitrogens with zero attached hydrogens (tertiary/aromatic N) is 1. The number of phenolic OH excluding ortho intramolecular Hbond substituents is 1. The predicted octanol–water partition coefficient (Wildman–Crippen LogP) is 0.214. The van der Waals surface area contributed by atoms with Gasteiger partial charge in [0.15, 0.2) is 6.10 Å². The Morgan fingerprint density at radius 2 is 1.53 bits per heavy atom. The lowest BCUT2D eigenvalue weighted by molar-refractivity contribution is -0.945. The van der Waals surface area contributed by atoms with Crippen LogP contribution in [0.25, 0.3) is 0 Å². The standard InChI is InChI=1S/C30H32N2O5.ClH/c33-26-13-7-8-23(20-26)28(34)31-16-19-32-17-14-22(15-18-32)27(21-32)37-29(35)30(36,24-9-3-1-4-10-24)25-11-5-2-6-12-25;/h1-13,20,22,27,36H,14-19,21H2,(H-,31,33,34);1H/t22?,27-,32?;/m0./s1. The molecule has 3 aliphatic heterocycles. The maximum atomic E-state index is 13.6. The van der Waals surface area contributed by atoms with E-state index in [9.17, 15) is 19.8 Å². The number of benzene rings is 3. The highest BCUT2D eigenvalue weighted by molar-refractivity contribution is 5.94. The van der Waals surface area contributed by atoms with Crippen LogP contribution in [0.2, 0.25) is 0 Å². The molecular weight excluding hydrogens is 504 g/mol. The molecule has 3 heterocycles. The Labute approximate surface area is 229 Å². The number of aliphatic hydroxyl groups is 1. The highest BCUT2D eigenvalue weighted by Crippen LogP contribution is 2.38. The first-order valence-corrected chi connectivity index (χ1v) is 12.9. The molecule has 0 spiro atoms. The van der Waals surface area contributed by atoms with Crippen molar-refractivity contribution in [3.8, 4) is 5.75 Å². The average molecular weight is 537 g/mol. The highest BCUT2D eigenvalue weighted by atomic mass is 35.5. The fraction of sp³-hybridized carbons (Fsp3) is 0.333. The Morgan fingerprint density at radius 3 is 2.11 bits per heavy atom. The minimum Gasteiger partial charge on any atom is -1.00 e. The number of carbonyl (C=O) groups is 2. The second-order valence-corrected chi connectivity index (χ2v) is 10.2. The first-order valence-electron chi connectivity index (χ1n) is 12.9. The van der Waals surface area contributed by atoms with E-state index in [-0.39, 0.29) is 36.1 Å².